The molecule has 9 heteroatoms. The zero-order chi connectivity index (χ0) is 22.9. The lowest BCUT2D eigenvalue weighted by atomic mass is 10.00. The SMILES string of the molecule is CCN1CCN(C(c2cc3cc(C)c(C)cc3[nH]c2=O)c2nnnn2CC2CCCO2)CC1. The molecule has 2 atom stereocenters. The number of likely N-dealkylation sites (N-methyl/N-ethyl adjacent to an activating group) is 1. The van der Waals surface area contributed by atoms with Crippen LogP contribution in [-0.4, -0.2) is 80.4 Å². The number of benzene rings is 1. The van der Waals surface area contributed by atoms with Crippen molar-refractivity contribution in [3.63, 3.8) is 0 Å². The van der Waals surface area contributed by atoms with Crippen LogP contribution in [-0.2, 0) is 11.3 Å². The molecule has 0 aliphatic carbocycles. The van der Waals surface area contributed by atoms with Crippen molar-refractivity contribution in [3.8, 4) is 0 Å². The summed E-state index contributed by atoms with van der Waals surface area (Å²) in [6.07, 6.45) is 2.19. The van der Waals surface area contributed by atoms with Gasteiger partial charge in [0, 0.05) is 43.9 Å². The highest BCUT2D eigenvalue weighted by atomic mass is 16.5. The van der Waals surface area contributed by atoms with Gasteiger partial charge in [0.2, 0.25) is 0 Å². The van der Waals surface area contributed by atoms with Crippen LogP contribution in [0.15, 0.2) is 23.0 Å². The molecule has 5 rings (SSSR count). The summed E-state index contributed by atoms with van der Waals surface area (Å²) in [5, 5.41) is 13.8. The molecular formula is C24H33N7O2. The van der Waals surface area contributed by atoms with E-state index in [0.717, 1.165) is 63.1 Å². The number of hydrogen-bond acceptors (Lipinski definition) is 7. The summed E-state index contributed by atoms with van der Waals surface area (Å²) in [5.74, 6) is 0.712. The highest BCUT2D eigenvalue weighted by Crippen LogP contribution is 2.29. The van der Waals surface area contributed by atoms with E-state index in [1.807, 2.05) is 16.8 Å². The van der Waals surface area contributed by atoms with Gasteiger partial charge in [-0.05, 0) is 78.4 Å². The minimum Gasteiger partial charge on any atom is -0.376 e. The molecular weight excluding hydrogens is 418 g/mol. The van der Waals surface area contributed by atoms with E-state index in [4.69, 9.17) is 4.74 Å². The van der Waals surface area contributed by atoms with E-state index in [1.165, 1.54) is 11.1 Å². The lowest BCUT2D eigenvalue weighted by molar-refractivity contribution is 0.0860. The molecule has 2 saturated heterocycles. The standard InChI is InChI=1S/C24H33N7O2/c1-4-29-7-9-30(10-8-29)22(23-26-27-28-31(23)15-19-6-5-11-33-19)20-14-18-12-16(2)17(3)13-21(18)25-24(20)32/h12-14,19,22H,4-11,15H2,1-3H3,(H,25,32). The van der Waals surface area contributed by atoms with Crippen LogP contribution in [0.25, 0.3) is 10.9 Å². The Bertz CT molecular complexity index is 1170. The smallest absolute Gasteiger partial charge is 0.253 e. The average molecular weight is 452 g/mol. The molecule has 0 spiro atoms. The highest BCUT2D eigenvalue weighted by Gasteiger charge is 2.33. The van der Waals surface area contributed by atoms with Gasteiger partial charge in [-0.3, -0.25) is 9.69 Å². The van der Waals surface area contributed by atoms with Crippen LogP contribution in [0.5, 0.6) is 0 Å². The van der Waals surface area contributed by atoms with Crippen LogP contribution in [0, 0.1) is 13.8 Å². The molecule has 0 bridgehead atoms. The van der Waals surface area contributed by atoms with Gasteiger partial charge in [0.25, 0.3) is 5.56 Å². The minimum absolute atomic E-state index is 0.0830. The van der Waals surface area contributed by atoms with Gasteiger partial charge in [-0.1, -0.05) is 6.92 Å². The minimum atomic E-state index is -0.310. The van der Waals surface area contributed by atoms with E-state index in [9.17, 15) is 4.79 Å². The number of ether oxygens (including phenoxy) is 1. The van der Waals surface area contributed by atoms with Crippen LogP contribution in [0.1, 0.15) is 48.3 Å². The first-order valence-corrected chi connectivity index (χ1v) is 12.0. The fourth-order valence-corrected chi connectivity index (χ4v) is 5.05. The maximum Gasteiger partial charge on any atom is 0.253 e. The van der Waals surface area contributed by atoms with Crippen molar-refractivity contribution in [3.05, 3.63) is 51.1 Å². The van der Waals surface area contributed by atoms with Crippen molar-refractivity contribution < 1.29 is 4.74 Å². The summed E-state index contributed by atoms with van der Waals surface area (Å²) in [7, 11) is 0. The van der Waals surface area contributed by atoms with Gasteiger partial charge in [0.1, 0.15) is 6.04 Å². The Hall–Kier alpha value is -2.62. The van der Waals surface area contributed by atoms with Gasteiger partial charge in [-0.25, -0.2) is 4.68 Å². The number of fused-ring (bicyclic) bond motifs is 1. The molecule has 1 aromatic carbocycles. The maximum absolute atomic E-state index is 13.4. The quantitative estimate of drug-likeness (QED) is 0.613. The second kappa shape index (κ2) is 9.32. The van der Waals surface area contributed by atoms with Crippen LogP contribution >= 0.6 is 0 Å². The van der Waals surface area contributed by atoms with Crippen molar-refractivity contribution >= 4 is 10.9 Å². The van der Waals surface area contributed by atoms with Gasteiger partial charge in [0.05, 0.1) is 12.6 Å². The molecule has 2 aromatic heterocycles. The fourth-order valence-electron chi connectivity index (χ4n) is 5.05. The predicted octanol–water partition coefficient (Wildman–Crippen LogP) is 2.04. The molecule has 176 valence electrons. The van der Waals surface area contributed by atoms with Gasteiger partial charge in [0.15, 0.2) is 5.82 Å². The third-order valence-electron chi connectivity index (χ3n) is 7.21. The molecule has 1 N–H and O–H groups in total. The number of aryl methyl sites for hydroxylation is 2. The van der Waals surface area contributed by atoms with E-state index in [1.54, 1.807) is 0 Å². The average Bonchev–Trinajstić information content (AvgIpc) is 3.49. The third kappa shape index (κ3) is 4.45. The summed E-state index contributed by atoms with van der Waals surface area (Å²) < 4.78 is 7.69. The molecule has 0 amide bonds. The number of hydrogen-bond donors (Lipinski definition) is 1. The zero-order valence-electron chi connectivity index (χ0n) is 19.8. The second-order valence-corrected chi connectivity index (χ2v) is 9.30. The Morgan fingerprint density at radius 3 is 2.67 bits per heavy atom. The summed E-state index contributed by atoms with van der Waals surface area (Å²) in [6, 6.07) is 5.91. The van der Waals surface area contributed by atoms with Gasteiger partial charge < -0.3 is 14.6 Å². The number of pyridine rings is 1. The molecule has 9 nitrogen and oxygen atoms in total. The van der Waals surface area contributed by atoms with Crippen LogP contribution in [0.2, 0.25) is 0 Å². The topological polar surface area (TPSA) is 92.2 Å². The number of H-pyrrole nitrogens is 1. The van der Waals surface area contributed by atoms with Crippen molar-refractivity contribution in [2.24, 2.45) is 0 Å². The van der Waals surface area contributed by atoms with Crippen molar-refractivity contribution in [1.29, 1.82) is 0 Å². The lowest BCUT2D eigenvalue weighted by Gasteiger charge is -2.38. The molecule has 33 heavy (non-hydrogen) atoms. The molecule has 0 saturated carbocycles. The summed E-state index contributed by atoms with van der Waals surface area (Å²) >= 11 is 0. The Morgan fingerprint density at radius 1 is 1.15 bits per heavy atom. The van der Waals surface area contributed by atoms with Gasteiger partial charge >= 0.3 is 0 Å². The molecule has 3 aromatic rings. The maximum atomic E-state index is 13.4. The Morgan fingerprint density at radius 2 is 1.94 bits per heavy atom. The van der Waals surface area contributed by atoms with E-state index in [2.05, 4.69) is 57.1 Å². The van der Waals surface area contributed by atoms with Crippen molar-refractivity contribution in [1.82, 2.24) is 35.0 Å². The molecule has 2 aliphatic rings. The van der Waals surface area contributed by atoms with Crippen molar-refractivity contribution in [2.75, 3.05) is 39.3 Å². The number of aromatic nitrogens is 5. The lowest BCUT2D eigenvalue weighted by Crippen LogP contribution is -2.49. The largest absolute Gasteiger partial charge is 0.376 e. The molecule has 2 fully saturated rings. The van der Waals surface area contributed by atoms with Gasteiger partial charge in [-0.2, -0.15) is 0 Å². The van der Waals surface area contributed by atoms with Crippen molar-refractivity contribution in [2.45, 2.75) is 52.3 Å². The van der Waals surface area contributed by atoms with E-state index in [-0.39, 0.29) is 17.7 Å². The number of tetrazole rings is 1. The predicted molar refractivity (Wildman–Crippen MR) is 126 cm³/mol. The summed E-state index contributed by atoms with van der Waals surface area (Å²) in [5.41, 5.74) is 3.84. The molecule has 2 aliphatic heterocycles. The number of rotatable bonds is 6. The number of aromatic amines is 1. The zero-order valence-corrected chi connectivity index (χ0v) is 19.8. The molecule has 4 heterocycles. The summed E-state index contributed by atoms with van der Waals surface area (Å²) in [4.78, 5) is 21.3. The highest BCUT2D eigenvalue weighted by molar-refractivity contribution is 5.81. The Labute approximate surface area is 193 Å². The van der Waals surface area contributed by atoms with E-state index < -0.39 is 0 Å². The molecule has 0 radical (unpaired) electrons. The van der Waals surface area contributed by atoms with E-state index >= 15 is 0 Å². The molecule has 2 unspecified atom stereocenters. The first-order valence-electron chi connectivity index (χ1n) is 12.0. The van der Waals surface area contributed by atoms with Crippen LogP contribution in [0.4, 0.5) is 0 Å². The van der Waals surface area contributed by atoms with E-state index in [0.29, 0.717) is 17.9 Å². The number of nitrogens with zero attached hydrogens (tertiary/aromatic N) is 6. The number of nitrogens with one attached hydrogen (secondary N) is 1. The first kappa shape index (κ1) is 22.2. The summed E-state index contributed by atoms with van der Waals surface area (Å²) in [6.45, 7) is 12.4. The normalized spacial score (nSPS) is 21.1. The third-order valence-corrected chi connectivity index (χ3v) is 7.21. The van der Waals surface area contributed by atoms with Crippen LogP contribution in [0.3, 0.4) is 0 Å². The Kier molecular flexibility index (Phi) is 6.27. The second-order valence-electron chi connectivity index (χ2n) is 9.30. The Balaban J connectivity index is 1.58. The fraction of sp³-hybridized carbons (Fsp3) is 0.583. The van der Waals surface area contributed by atoms with Gasteiger partial charge in [-0.15, -0.1) is 5.10 Å². The van der Waals surface area contributed by atoms with Crippen LogP contribution < -0.4 is 5.56 Å². The number of piperazine rings is 1. The first-order chi connectivity index (χ1) is 16.0. The monoisotopic (exact) mass is 451 g/mol.